The highest BCUT2D eigenvalue weighted by Crippen LogP contribution is 2.38. The van der Waals surface area contributed by atoms with Crippen LogP contribution in [0.2, 0.25) is 0 Å². The number of thiazole rings is 1. The van der Waals surface area contributed by atoms with Gasteiger partial charge in [-0.1, -0.05) is 13.5 Å². The van der Waals surface area contributed by atoms with E-state index in [4.69, 9.17) is 14.5 Å². The molecular formula is C29H31N5O6S. The van der Waals surface area contributed by atoms with Gasteiger partial charge in [-0.15, -0.1) is 11.3 Å². The van der Waals surface area contributed by atoms with Gasteiger partial charge in [-0.05, 0) is 57.4 Å². The van der Waals surface area contributed by atoms with Gasteiger partial charge in [0.05, 0.1) is 35.1 Å². The van der Waals surface area contributed by atoms with Crippen molar-refractivity contribution in [2.45, 2.75) is 51.6 Å². The predicted octanol–water partition coefficient (Wildman–Crippen LogP) is 4.54. The molecule has 41 heavy (non-hydrogen) atoms. The number of hydrogen-bond donors (Lipinski definition) is 3. The van der Waals surface area contributed by atoms with Gasteiger partial charge in [0.2, 0.25) is 5.91 Å². The molecule has 0 aliphatic carbocycles. The van der Waals surface area contributed by atoms with Crippen molar-refractivity contribution in [3.8, 4) is 11.5 Å². The number of hydrogen-bond acceptors (Lipinski definition) is 8. The summed E-state index contributed by atoms with van der Waals surface area (Å²) in [5, 5.41) is 8.95. The number of carbonyl (C=O) groups excluding carboxylic acids is 4. The fraction of sp³-hybridized carbons (Fsp3) is 0.345. The van der Waals surface area contributed by atoms with Crippen molar-refractivity contribution in [3.63, 3.8) is 0 Å². The van der Waals surface area contributed by atoms with Gasteiger partial charge in [-0.25, -0.2) is 9.78 Å². The number of fused-ring (bicyclic) bond motifs is 2. The molecule has 214 valence electrons. The molecule has 1 fully saturated rings. The van der Waals surface area contributed by atoms with Crippen LogP contribution in [0.1, 0.15) is 65.8 Å². The van der Waals surface area contributed by atoms with Crippen LogP contribution >= 0.6 is 11.3 Å². The van der Waals surface area contributed by atoms with Gasteiger partial charge in [0.25, 0.3) is 11.8 Å². The standard InChI is InChI=1S/C29H31N5O6S/c1-6-11-40-21-13-17(39-5)14-22-23(21)32-27(41-22)29(3,4)33-28(38)31-16-8-9-18-19(12-16)26(37)34(25(18)36)20-10-7-15(2)30-24(20)35/h8-9,12-14,20H,2,6-7,10-11H2,1,3-5H3,(H,30,35)(H2,31,33,38). The van der Waals surface area contributed by atoms with E-state index in [-0.39, 0.29) is 11.1 Å². The first kappa shape index (κ1) is 28.1. The summed E-state index contributed by atoms with van der Waals surface area (Å²) in [7, 11) is 1.59. The van der Waals surface area contributed by atoms with Crippen molar-refractivity contribution in [1.82, 2.24) is 20.5 Å². The molecule has 11 nitrogen and oxygen atoms in total. The summed E-state index contributed by atoms with van der Waals surface area (Å²) in [6, 6.07) is 6.73. The molecule has 1 saturated heterocycles. The second kappa shape index (κ2) is 10.8. The average molecular weight is 578 g/mol. The van der Waals surface area contributed by atoms with Gasteiger partial charge in [0.15, 0.2) is 0 Å². The third-order valence-corrected chi connectivity index (χ3v) is 8.23. The Balaban J connectivity index is 1.32. The van der Waals surface area contributed by atoms with Crippen molar-refractivity contribution < 1.29 is 28.7 Å². The number of amides is 5. The SMILES string of the molecule is C=C1CCC(N2C(=O)c3ccc(NC(=O)NC(C)(C)c4nc5c(OCCC)cc(OC)cc5s4)cc3C2=O)C(=O)N1. The minimum atomic E-state index is -0.907. The summed E-state index contributed by atoms with van der Waals surface area (Å²) >= 11 is 1.42. The number of methoxy groups -OCH3 is 1. The Morgan fingerprint density at radius 2 is 1.95 bits per heavy atom. The highest BCUT2D eigenvalue weighted by molar-refractivity contribution is 7.18. The van der Waals surface area contributed by atoms with E-state index in [9.17, 15) is 19.2 Å². The highest BCUT2D eigenvalue weighted by atomic mass is 32.1. The van der Waals surface area contributed by atoms with Crippen LogP contribution in [0.3, 0.4) is 0 Å². The quantitative estimate of drug-likeness (QED) is 0.334. The maximum Gasteiger partial charge on any atom is 0.319 e. The number of anilines is 1. The smallest absolute Gasteiger partial charge is 0.319 e. The molecule has 1 aromatic heterocycles. The van der Waals surface area contributed by atoms with E-state index in [2.05, 4.69) is 22.5 Å². The molecule has 5 amide bonds. The Hall–Kier alpha value is -4.45. The van der Waals surface area contributed by atoms with Gasteiger partial charge in [0, 0.05) is 17.5 Å². The molecule has 0 saturated carbocycles. The highest BCUT2D eigenvalue weighted by Gasteiger charge is 2.44. The maximum absolute atomic E-state index is 13.2. The number of imide groups is 1. The number of piperidine rings is 1. The summed E-state index contributed by atoms with van der Waals surface area (Å²) in [4.78, 5) is 57.4. The van der Waals surface area contributed by atoms with E-state index in [1.165, 1.54) is 23.5 Å². The number of nitrogens with one attached hydrogen (secondary N) is 3. The number of ether oxygens (including phenoxy) is 2. The number of allylic oxidation sites excluding steroid dienone is 1. The Morgan fingerprint density at radius 3 is 2.66 bits per heavy atom. The minimum Gasteiger partial charge on any atom is -0.497 e. The summed E-state index contributed by atoms with van der Waals surface area (Å²) in [6.07, 6.45) is 1.63. The molecule has 0 bridgehead atoms. The maximum atomic E-state index is 13.2. The van der Waals surface area contributed by atoms with Crippen LogP contribution in [0.25, 0.3) is 10.2 Å². The normalized spacial score (nSPS) is 17.0. The molecule has 0 radical (unpaired) electrons. The van der Waals surface area contributed by atoms with Crippen LogP contribution < -0.4 is 25.4 Å². The van der Waals surface area contributed by atoms with Gasteiger partial charge < -0.3 is 25.4 Å². The first-order valence-corrected chi connectivity index (χ1v) is 14.1. The number of urea groups is 1. The molecule has 0 spiro atoms. The first-order valence-electron chi connectivity index (χ1n) is 13.2. The minimum absolute atomic E-state index is 0.129. The molecule has 2 aliphatic heterocycles. The lowest BCUT2D eigenvalue weighted by Gasteiger charge is -2.29. The largest absolute Gasteiger partial charge is 0.497 e. The summed E-state index contributed by atoms with van der Waals surface area (Å²) in [6.45, 7) is 9.97. The summed E-state index contributed by atoms with van der Waals surface area (Å²) in [5.74, 6) is -0.281. The summed E-state index contributed by atoms with van der Waals surface area (Å²) in [5.41, 5.74) is 1.02. The molecule has 3 aromatic rings. The predicted molar refractivity (Wildman–Crippen MR) is 154 cm³/mol. The molecule has 1 atom stereocenters. The Morgan fingerprint density at radius 1 is 1.20 bits per heavy atom. The fourth-order valence-electron chi connectivity index (χ4n) is 4.81. The third kappa shape index (κ3) is 5.34. The van der Waals surface area contributed by atoms with Crippen molar-refractivity contribution >= 4 is 51.0 Å². The lowest BCUT2D eigenvalue weighted by atomic mass is 10.0. The van der Waals surface area contributed by atoms with Crippen molar-refractivity contribution in [1.29, 1.82) is 0 Å². The van der Waals surface area contributed by atoms with E-state index in [0.717, 1.165) is 16.0 Å². The van der Waals surface area contributed by atoms with Crippen molar-refractivity contribution in [2.24, 2.45) is 0 Å². The average Bonchev–Trinajstić information content (AvgIpc) is 3.47. The third-order valence-electron chi connectivity index (χ3n) is 6.90. The first-order chi connectivity index (χ1) is 19.5. The number of carbonyl (C=O) groups is 4. The van der Waals surface area contributed by atoms with E-state index in [0.29, 0.717) is 52.9 Å². The number of benzene rings is 2. The lowest BCUT2D eigenvalue weighted by molar-refractivity contribution is -0.125. The van der Waals surface area contributed by atoms with E-state index >= 15 is 0 Å². The number of aromatic nitrogens is 1. The van der Waals surface area contributed by atoms with E-state index in [1.54, 1.807) is 19.2 Å². The second-order valence-electron chi connectivity index (χ2n) is 10.4. The lowest BCUT2D eigenvalue weighted by Crippen LogP contribution is -2.51. The molecule has 3 N–H and O–H groups in total. The topological polar surface area (TPSA) is 139 Å². The Bertz CT molecular complexity index is 1600. The zero-order valence-electron chi connectivity index (χ0n) is 23.3. The van der Waals surface area contributed by atoms with Crippen LogP contribution in [-0.2, 0) is 10.3 Å². The van der Waals surface area contributed by atoms with E-state index < -0.39 is 35.3 Å². The zero-order valence-corrected chi connectivity index (χ0v) is 24.1. The molecular weight excluding hydrogens is 546 g/mol. The van der Waals surface area contributed by atoms with Crippen molar-refractivity contribution in [3.05, 3.63) is 58.7 Å². The van der Waals surface area contributed by atoms with Crippen LogP contribution in [0.5, 0.6) is 11.5 Å². The second-order valence-corrected chi connectivity index (χ2v) is 11.5. The van der Waals surface area contributed by atoms with Gasteiger partial charge in [-0.3, -0.25) is 19.3 Å². The van der Waals surface area contributed by atoms with Crippen LogP contribution in [0.15, 0.2) is 42.6 Å². The Kier molecular flexibility index (Phi) is 7.43. The monoisotopic (exact) mass is 577 g/mol. The van der Waals surface area contributed by atoms with Gasteiger partial charge in [-0.2, -0.15) is 0 Å². The van der Waals surface area contributed by atoms with Crippen molar-refractivity contribution in [2.75, 3.05) is 19.0 Å². The summed E-state index contributed by atoms with van der Waals surface area (Å²) < 4.78 is 12.2. The molecule has 1 unspecified atom stereocenters. The Labute approximate surface area is 240 Å². The zero-order chi connectivity index (χ0) is 29.5. The fourth-order valence-corrected chi connectivity index (χ4v) is 5.88. The molecule has 2 aliphatic rings. The number of rotatable bonds is 8. The number of nitrogens with zero attached hydrogens (tertiary/aromatic N) is 2. The molecule has 3 heterocycles. The van der Waals surface area contributed by atoms with Gasteiger partial charge in [0.1, 0.15) is 28.1 Å². The molecule has 5 rings (SSSR count). The van der Waals surface area contributed by atoms with Crippen LogP contribution in [0.4, 0.5) is 10.5 Å². The van der Waals surface area contributed by atoms with Crippen LogP contribution in [0, 0.1) is 0 Å². The molecule has 12 heteroatoms. The molecule has 2 aromatic carbocycles. The van der Waals surface area contributed by atoms with Gasteiger partial charge >= 0.3 is 6.03 Å². The van der Waals surface area contributed by atoms with Crippen LogP contribution in [-0.4, -0.2) is 53.4 Å². The van der Waals surface area contributed by atoms with E-state index in [1.807, 2.05) is 26.8 Å².